The van der Waals surface area contributed by atoms with Gasteiger partial charge < -0.3 is 16.2 Å². The molecular formula is C14H12ClN5O. The zero-order valence-corrected chi connectivity index (χ0v) is 11.7. The molecule has 4 N–H and O–H groups in total. The van der Waals surface area contributed by atoms with Gasteiger partial charge in [-0.05, 0) is 24.3 Å². The van der Waals surface area contributed by atoms with Crippen LogP contribution in [-0.2, 0) is 0 Å². The monoisotopic (exact) mass is 301 g/mol. The van der Waals surface area contributed by atoms with Crippen molar-refractivity contribution < 1.29 is 4.74 Å². The number of ether oxygens (including phenoxy) is 1. The summed E-state index contributed by atoms with van der Waals surface area (Å²) in [5, 5.41) is 4.51. The Morgan fingerprint density at radius 1 is 1.00 bits per heavy atom. The minimum Gasteiger partial charge on any atom is -0.457 e. The number of rotatable bonds is 3. The van der Waals surface area contributed by atoms with E-state index in [1.54, 1.807) is 18.2 Å². The van der Waals surface area contributed by atoms with E-state index in [4.69, 9.17) is 27.8 Å². The largest absolute Gasteiger partial charge is 0.457 e. The molecule has 0 radical (unpaired) electrons. The third-order valence-electron chi connectivity index (χ3n) is 2.73. The predicted molar refractivity (Wildman–Crippen MR) is 81.7 cm³/mol. The zero-order chi connectivity index (χ0) is 14.8. The SMILES string of the molecule is Nc1nc(N)n(-c2cc(Cl)cc(Oc3ccccc3)c2)n1. The first-order valence-corrected chi connectivity index (χ1v) is 6.51. The number of aromatic nitrogens is 3. The molecule has 2 aromatic carbocycles. The first kappa shape index (κ1) is 13.3. The maximum absolute atomic E-state index is 6.11. The zero-order valence-electron chi connectivity index (χ0n) is 10.9. The van der Waals surface area contributed by atoms with Crippen LogP contribution < -0.4 is 16.2 Å². The highest BCUT2D eigenvalue weighted by molar-refractivity contribution is 6.30. The van der Waals surface area contributed by atoms with Crippen molar-refractivity contribution in [3.8, 4) is 17.2 Å². The van der Waals surface area contributed by atoms with Crippen LogP contribution >= 0.6 is 11.6 Å². The lowest BCUT2D eigenvalue weighted by molar-refractivity contribution is 0.482. The smallest absolute Gasteiger partial charge is 0.241 e. The lowest BCUT2D eigenvalue weighted by Crippen LogP contribution is -2.02. The van der Waals surface area contributed by atoms with Crippen LogP contribution in [0.4, 0.5) is 11.9 Å². The molecule has 0 aliphatic carbocycles. The highest BCUT2D eigenvalue weighted by atomic mass is 35.5. The first-order valence-electron chi connectivity index (χ1n) is 6.14. The second kappa shape index (κ2) is 5.34. The number of nitrogens with zero attached hydrogens (tertiary/aromatic N) is 3. The van der Waals surface area contributed by atoms with Gasteiger partial charge in [0.2, 0.25) is 11.9 Å². The Morgan fingerprint density at radius 3 is 2.43 bits per heavy atom. The van der Waals surface area contributed by atoms with Crippen molar-refractivity contribution in [3.05, 3.63) is 53.6 Å². The Balaban J connectivity index is 1.98. The molecule has 0 saturated carbocycles. The number of para-hydroxylation sites is 1. The lowest BCUT2D eigenvalue weighted by atomic mass is 10.3. The van der Waals surface area contributed by atoms with E-state index in [-0.39, 0.29) is 11.9 Å². The Morgan fingerprint density at radius 2 is 1.76 bits per heavy atom. The molecule has 0 saturated heterocycles. The van der Waals surface area contributed by atoms with Crippen LogP contribution in [0.1, 0.15) is 0 Å². The van der Waals surface area contributed by atoms with Crippen molar-refractivity contribution in [1.82, 2.24) is 14.8 Å². The summed E-state index contributed by atoms with van der Waals surface area (Å²) in [5.74, 6) is 1.55. The molecular weight excluding hydrogens is 290 g/mol. The van der Waals surface area contributed by atoms with Gasteiger partial charge in [0.25, 0.3) is 0 Å². The summed E-state index contributed by atoms with van der Waals surface area (Å²) in [6.07, 6.45) is 0. The fourth-order valence-corrected chi connectivity index (χ4v) is 2.10. The highest BCUT2D eigenvalue weighted by Gasteiger charge is 2.09. The van der Waals surface area contributed by atoms with Crippen molar-refractivity contribution in [1.29, 1.82) is 0 Å². The van der Waals surface area contributed by atoms with Gasteiger partial charge in [0.05, 0.1) is 5.69 Å². The number of nitrogen functional groups attached to an aromatic ring is 2. The number of halogens is 1. The van der Waals surface area contributed by atoms with Crippen LogP contribution in [0.3, 0.4) is 0 Å². The van der Waals surface area contributed by atoms with Crippen molar-refractivity contribution in [2.75, 3.05) is 11.5 Å². The molecule has 0 unspecified atom stereocenters. The Bertz CT molecular complexity index is 772. The van der Waals surface area contributed by atoms with Crippen LogP contribution in [0.15, 0.2) is 48.5 Å². The summed E-state index contributed by atoms with van der Waals surface area (Å²) in [6.45, 7) is 0. The normalized spacial score (nSPS) is 10.5. The molecule has 3 aromatic rings. The van der Waals surface area contributed by atoms with Gasteiger partial charge in [-0.3, -0.25) is 0 Å². The molecule has 0 fully saturated rings. The molecule has 3 rings (SSSR count). The third-order valence-corrected chi connectivity index (χ3v) is 2.95. The van der Waals surface area contributed by atoms with Crippen molar-refractivity contribution >= 4 is 23.5 Å². The molecule has 0 aliphatic rings. The molecule has 0 spiro atoms. The summed E-state index contributed by atoms with van der Waals surface area (Å²) < 4.78 is 7.15. The average Bonchev–Trinajstić information content (AvgIpc) is 2.78. The summed E-state index contributed by atoms with van der Waals surface area (Å²) in [4.78, 5) is 3.85. The van der Waals surface area contributed by atoms with E-state index in [0.29, 0.717) is 22.2 Å². The first-order chi connectivity index (χ1) is 10.1. The van der Waals surface area contributed by atoms with E-state index in [0.717, 1.165) is 0 Å². The minimum atomic E-state index is 0.0954. The standard InChI is InChI=1S/C14H12ClN5O/c15-9-6-10(20-14(17)18-13(16)19-20)8-12(7-9)21-11-4-2-1-3-5-11/h1-8H,(H4,16,17,18,19). The average molecular weight is 302 g/mol. The van der Waals surface area contributed by atoms with Gasteiger partial charge in [-0.1, -0.05) is 29.8 Å². The molecule has 1 heterocycles. The maximum Gasteiger partial charge on any atom is 0.241 e. The lowest BCUT2D eigenvalue weighted by Gasteiger charge is -2.09. The second-order valence-corrected chi connectivity index (χ2v) is 4.74. The van der Waals surface area contributed by atoms with Crippen molar-refractivity contribution in [2.24, 2.45) is 0 Å². The van der Waals surface area contributed by atoms with E-state index in [1.165, 1.54) is 4.68 Å². The molecule has 0 amide bonds. The van der Waals surface area contributed by atoms with Crippen LogP contribution in [0.25, 0.3) is 5.69 Å². The van der Waals surface area contributed by atoms with Crippen LogP contribution in [-0.4, -0.2) is 14.8 Å². The molecule has 1 aromatic heterocycles. The van der Waals surface area contributed by atoms with E-state index < -0.39 is 0 Å². The van der Waals surface area contributed by atoms with Gasteiger partial charge in [-0.25, -0.2) is 0 Å². The quantitative estimate of drug-likeness (QED) is 0.776. The summed E-state index contributed by atoms with van der Waals surface area (Å²) in [6, 6.07) is 14.5. The maximum atomic E-state index is 6.11. The minimum absolute atomic E-state index is 0.0954. The summed E-state index contributed by atoms with van der Waals surface area (Å²) in [7, 11) is 0. The molecule has 0 atom stereocenters. The van der Waals surface area contributed by atoms with Crippen LogP contribution in [0, 0.1) is 0 Å². The Labute approximate surface area is 125 Å². The fourth-order valence-electron chi connectivity index (χ4n) is 1.88. The third kappa shape index (κ3) is 2.90. The number of hydrogen-bond donors (Lipinski definition) is 2. The van der Waals surface area contributed by atoms with E-state index in [1.807, 2.05) is 30.3 Å². The number of benzene rings is 2. The van der Waals surface area contributed by atoms with E-state index >= 15 is 0 Å². The fraction of sp³-hybridized carbons (Fsp3) is 0. The number of anilines is 2. The topological polar surface area (TPSA) is 92.0 Å². The van der Waals surface area contributed by atoms with E-state index in [2.05, 4.69) is 10.1 Å². The molecule has 21 heavy (non-hydrogen) atoms. The molecule has 6 nitrogen and oxygen atoms in total. The van der Waals surface area contributed by atoms with Gasteiger partial charge in [-0.2, -0.15) is 9.67 Å². The van der Waals surface area contributed by atoms with Gasteiger partial charge in [-0.15, -0.1) is 5.10 Å². The Hall–Kier alpha value is -2.73. The van der Waals surface area contributed by atoms with Crippen LogP contribution in [0.2, 0.25) is 5.02 Å². The number of hydrogen-bond acceptors (Lipinski definition) is 5. The van der Waals surface area contributed by atoms with Crippen molar-refractivity contribution in [2.45, 2.75) is 0 Å². The Kier molecular flexibility index (Phi) is 3.37. The molecule has 0 bridgehead atoms. The van der Waals surface area contributed by atoms with Gasteiger partial charge in [0, 0.05) is 11.1 Å². The van der Waals surface area contributed by atoms with Gasteiger partial charge >= 0.3 is 0 Å². The second-order valence-electron chi connectivity index (χ2n) is 4.30. The predicted octanol–water partition coefficient (Wildman–Crippen LogP) is 2.88. The highest BCUT2D eigenvalue weighted by Crippen LogP contribution is 2.28. The molecule has 7 heteroatoms. The summed E-state index contributed by atoms with van der Waals surface area (Å²) >= 11 is 6.11. The summed E-state index contributed by atoms with van der Waals surface area (Å²) in [5.41, 5.74) is 11.9. The molecule has 106 valence electrons. The number of nitrogens with two attached hydrogens (primary N) is 2. The van der Waals surface area contributed by atoms with E-state index in [9.17, 15) is 0 Å². The van der Waals surface area contributed by atoms with Crippen LogP contribution in [0.5, 0.6) is 11.5 Å². The van der Waals surface area contributed by atoms with Crippen molar-refractivity contribution in [3.63, 3.8) is 0 Å². The van der Waals surface area contributed by atoms with Gasteiger partial charge in [0.15, 0.2) is 0 Å². The van der Waals surface area contributed by atoms with Gasteiger partial charge in [0.1, 0.15) is 11.5 Å². The molecule has 0 aliphatic heterocycles.